The fourth-order valence-electron chi connectivity index (χ4n) is 3.27. The van der Waals surface area contributed by atoms with Crippen LogP contribution in [0, 0.1) is 12.8 Å². The van der Waals surface area contributed by atoms with Gasteiger partial charge in [0.05, 0.1) is 17.4 Å². The maximum absolute atomic E-state index is 12.9. The number of amides is 1. The third-order valence-electron chi connectivity index (χ3n) is 4.88. The molecular weight excluding hydrogens is 428 g/mol. The number of anilines is 1. The molecule has 1 atom stereocenters. The molecule has 1 heterocycles. The number of halogens is 1. The first-order chi connectivity index (χ1) is 12.9. The fraction of sp³-hybridized carbons (Fsp3) is 0.350. The van der Waals surface area contributed by atoms with Crippen LogP contribution in [0.3, 0.4) is 0 Å². The normalized spacial score (nSPS) is 18.2. The number of rotatable bonds is 5. The molecule has 1 aliphatic heterocycles. The van der Waals surface area contributed by atoms with Crippen LogP contribution in [0.1, 0.15) is 24.0 Å². The highest BCUT2D eigenvalue weighted by atomic mass is 79.9. The first-order valence-electron chi connectivity index (χ1n) is 8.94. The molecule has 0 radical (unpaired) electrons. The Labute approximate surface area is 169 Å². The Morgan fingerprint density at radius 2 is 1.89 bits per heavy atom. The van der Waals surface area contributed by atoms with Crippen molar-refractivity contribution < 1.29 is 13.2 Å². The second-order valence-corrected chi connectivity index (χ2v) is 9.67. The highest BCUT2D eigenvalue weighted by molar-refractivity contribution is 9.10. The fourth-order valence-corrected chi connectivity index (χ4v) is 5.36. The van der Waals surface area contributed by atoms with Crippen LogP contribution in [0.2, 0.25) is 0 Å². The Bertz CT molecular complexity index is 930. The number of aryl methyl sites for hydroxylation is 1. The molecule has 3 rings (SSSR count). The van der Waals surface area contributed by atoms with Crippen molar-refractivity contribution in [2.75, 3.05) is 18.4 Å². The lowest BCUT2D eigenvalue weighted by molar-refractivity contribution is -0.120. The van der Waals surface area contributed by atoms with E-state index in [-0.39, 0.29) is 24.1 Å². The number of benzene rings is 2. The number of carbonyl (C=O) groups excluding carboxylic acids is 1. The quantitative estimate of drug-likeness (QED) is 0.749. The van der Waals surface area contributed by atoms with Gasteiger partial charge in [-0.25, -0.2) is 12.7 Å². The van der Waals surface area contributed by atoms with Gasteiger partial charge in [0.1, 0.15) is 0 Å². The largest absolute Gasteiger partial charge is 0.325 e. The molecular formula is C20H23BrN2O3S. The van der Waals surface area contributed by atoms with Crippen LogP contribution in [0.4, 0.5) is 5.69 Å². The van der Waals surface area contributed by atoms with E-state index in [1.54, 1.807) is 0 Å². The van der Waals surface area contributed by atoms with Gasteiger partial charge in [-0.15, -0.1) is 0 Å². The van der Waals surface area contributed by atoms with Gasteiger partial charge in [0.2, 0.25) is 15.9 Å². The first-order valence-corrected chi connectivity index (χ1v) is 11.3. The third-order valence-corrected chi connectivity index (χ3v) is 7.36. The van der Waals surface area contributed by atoms with E-state index in [0.29, 0.717) is 25.1 Å². The van der Waals surface area contributed by atoms with Gasteiger partial charge in [0, 0.05) is 17.6 Å². The number of nitrogens with one attached hydrogen (secondary N) is 1. The summed E-state index contributed by atoms with van der Waals surface area (Å²) in [4.78, 5) is 12.7. The molecule has 0 spiro atoms. The summed E-state index contributed by atoms with van der Waals surface area (Å²) in [6, 6.07) is 14.9. The lowest BCUT2D eigenvalue weighted by atomic mass is 9.99. The SMILES string of the molecule is Cc1ccccc1CS(=O)(=O)N1CCC[C@@H](C(=O)Nc2ccccc2Br)C1. The number of hydrogen-bond donors (Lipinski definition) is 1. The van der Waals surface area contributed by atoms with Crippen molar-refractivity contribution in [2.45, 2.75) is 25.5 Å². The van der Waals surface area contributed by atoms with Gasteiger partial charge in [0.15, 0.2) is 0 Å². The molecule has 27 heavy (non-hydrogen) atoms. The number of nitrogens with zero attached hydrogens (tertiary/aromatic N) is 1. The zero-order valence-electron chi connectivity index (χ0n) is 15.2. The molecule has 1 amide bonds. The molecule has 1 fully saturated rings. The number of hydrogen-bond acceptors (Lipinski definition) is 3. The van der Waals surface area contributed by atoms with E-state index in [9.17, 15) is 13.2 Å². The molecule has 0 aromatic heterocycles. The first kappa shape index (κ1) is 20.0. The van der Waals surface area contributed by atoms with E-state index in [1.807, 2.05) is 55.5 Å². The summed E-state index contributed by atoms with van der Waals surface area (Å²) in [7, 11) is -3.46. The van der Waals surface area contributed by atoms with Crippen LogP contribution in [0.25, 0.3) is 0 Å². The van der Waals surface area contributed by atoms with Gasteiger partial charge in [-0.05, 0) is 59.0 Å². The molecule has 0 bridgehead atoms. The van der Waals surface area contributed by atoms with Gasteiger partial charge in [-0.3, -0.25) is 4.79 Å². The molecule has 144 valence electrons. The van der Waals surface area contributed by atoms with Crippen LogP contribution in [-0.4, -0.2) is 31.7 Å². The van der Waals surface area contributed by atoms with E-state index < -0.39 is 10.0 Å². The highest BCUT2D eigenvalue weighted by Crippen LogP contribution is 2.26. The third kappa shape index (κ3) is 4.97. The monoisotopic (exact) mass is 450 g/mol. The van der Waals surface area contributed by atoms with Crippen molar-refractivity contribution >= 4 is 37.5 Å². The second kappa shape index (κ2) is 8.54. The van der Waals surface area contributed by atoms with Crippen molar-refractivity contribution in [1.29, 1.82) is 0 Å². The minimum atomic E-state index is -3.46. The Morgan fingerprint density at radius 1 is 1.19 bits per heavy atom. The zero-order valence-corrected chi connectivity index (χ0v) is 17.6. The smallest absolute Gasteiger partial charge is 0.228 e. The maximum atomic E-state index is 12.9. The topological polar surface area (TPSA) is 66.5 Å². The summed E-state index contributed by atoms with van der Waals surface area (Å²) in [5, 5.41) is 2.90. The van der Waals surface area contributed by atoms with Crippen LogP contribution in [0.5, 0.6) is 0 Å². The highest BCUT2D eigenvalue weighted by Gasteiger charge is 2.32. The van der Waals surface area contributed by atoms with Gasteiger partial charge >= 0.3 is 0 Å². The average Bonchev–Trinajstić information content (AvgIpc) is 2.65. The molecule has 0 aliphatic carbocycles. The van der Waals surface area contributed by atoms with E-state index >= 15 is 0 Å². The summed E-state index contributed by atoms with van der Waals surface area (Å²) in [5.41, 5.74) is 2.46. The molecule has 5 nitrogen and oxygen atoms in total. The molecule has 2 aromatic rings. The van der Waals surface area contributed by atoms with Crippen molar-refractivity contribution in [3.05, 3.63) is 64.1 Å². The van der Waals surface area contributed by atoms with Crippen LogP contribution < -0.4 is 5.32 Å². The summed E-state index contributed by atoms with van der Waals surface area (Å²) >= 11 is 3.42. The number of carbonyl (C=O) groups is 1. The number of para-hydroxylation sites is 1. The molecule has 0 saturated carbocycles. The van der Waals surface area contributed by atoms with Crippen molar-refractivity contribution in [2.24, 2.45) is 5.92 Å². The summed E-state index contributed by atoms with van der Waals surface area (Å²) in [5.74, 6) is -0.520. The number of sulfonamides is 1. The summed E-state index contributed by atoms with van der Waals surface area (Å²) < 4.78 is 28.0. The molecule has 0 unspecified atom stereocenters. The van der Waals surface area contributed by atoms with Gasteiger partial charge in [-0.2, -0.15) is 0 Å². The van der Waals surface area contributed by atoms with Crippen LogP contribution in [-0.2, 0) is 20.6 Å². The summed E-state index contributed by atoms with van der Waals surface area (Å²) in [6.07, 6.45) is 1.37. The van der Waals surface area contributed by atoms with E-state index in [2.05, 4.69) is 21.2 Å². The lowest BCUT2D eigenvalue weighted by Gasteiger charge is -2.31. The molecule has 7 heteroatoms. The van der Waals surface area contributed by atoms with Gasteiger partial charge in [0.25, 0.3) is 0 Å². The molecule has 1 N–H and O–H groups in total. The minimum absolute atomic E-state index is 0.0295. The van der Waals surface area contributed by atoms with Crippen molar-refractivity contribution in [3.8, 4) is 0 Å². The Balaban J connectivity index is 1.69. The standard InChI is InChI=1S/C20H23BrN2O3S/c1-15-7-2-3-8-17(15)14-27(25,26)23-12-6-9-16(13-23)20(24)22-19-11-5-4-10-18(19)21/h2-5,7-8,10-11,16H,6,9,12-14H2,1H3,(H,22,24)/t16-/m1/s1. The second-order valence-electron chi connectivity index (χ2n) is 6.85. The number of piperidine rings is 1. The summed E-state index contributed by atoms with van der Waals surface area (Å²) in [6.45, 7) is 2.60. The Kier molecular flexibility index (Phi) is 6.34. The predicted molar refractivity (Wildman–Crippen MR) is 111 cm³/mol. The molecule has 1 saturated heterocycles. The lowest BCUT2D eigenvalue weighted by Crippen LogP contribution is -2.44. The molecule has 1 aliphatic rings. The Morgan fingerprint density at radius 3 is 2.63 bits per heavy atom. The average molecular weight is 451 g/mol. The van der Waals surface area contributed by atoms with E-state index in [1.165, 1.54) is 4.31 Å². The van der Waals surface area contributed by atoms with Crippen molar-refractivity contribution in [3.63, 3.8) is 0 Å². The van der Waals surface area contributed by atoms with Crippen LogP contribution >= 0.6 is 15.9 Å². The van der Waals surface area contributed by atoms with E-state index in [0.717, 1.165) is 15.6 Å². The Hall–Kier alpha value is -1.70. The van der Waals surface area contributed by atoms with Gasteiger partial charge in [-0.1, -0.05) is 36.4 Å². The minimum Gasteiger partial charge on any atom is -0.325 e. The van der Waals surface area contributed by atoms with Crippen LogP contribution in [0.15, 0.2) is 53.0 Å². The van der Waals surface area contributed by atoms with Crippen molar-refractivity contribution in [1.82, 2.24) is 4.31 Å². The molecule has 2 aromatic carbocycles. The predicted octanol–water partition coefficient (Wildman–Crippen LogP) is 3.94. The van der Waals surface area contributed by atoms with Gasteiger partial charge < -0.3 is 5.32 Å². The maximum Gasteiger partial charge on any atom is 0.228 e. The zero-order chi connectivity index (χ0) is 19.4. The van der Waals surface area contributed by atoms with E-state index in [4.69, 9.17) is 0 Å².